The second kappa shape index (κ2) is 9.96. The first kappa shape index (κ1) is 24.6. The number of hydrogen-bond acceptors (Lipinski definition) is 7. The van der Waals surface area contributed by atoms with Crippen LogP contribution in [0.4, 0.5) is 11.4 Å². The number of sulfonamides is 1. The molecule has 2 fully saturated rings. The maximum Gasteiger partial charge on any atom is 0.271 e. The van der Waals surface area contributed by atoms with E-state index in [1.807, 2.05) is 6.07 Å². The molecule has 7 rings (SSSR count). The maximum absolute atomic E-state index is 13.0. The Bertz CT molecular complexity index is 1710. The SMILES string of the molecule is O=S(=O)(Nc1cccc2[nH]nc(-c3nc4ccc(N5CCC(N6CCCCC6)CC5)cc4[nH]3)c12)c1cccs1. The van der Waals surface area contributed by atoms with Crippen molar-refractivity contribution in [1.29, 1.82) is 0 Å². The number of aromatic amines is 2. The van der Waals surface area contributed by atoms with E-state index in [-0.39, 0.29) is 4.21 Å². The molecule has 202 valence electrons. The summed E-state index contributed by atoms with van der Waals surface area (Å²) in [4.78, 5) is 13.4. The zero-order valence-corrected chi connectivity index (χ0v) is 23.2. The zero-order valence-electron chi connectivity index (χ0n) is 21.6. The van der Waals surface area contributed by atoms with Crippen LogP contribution < -0.4 is 9.62 Å². The van der Waals surface area contributed by atoms with Crippen LogP contribution in [0.15, 0.2) is 58.1 Å². The van der Waals surface area contributed by atoms with Crippen molar-refractivity contribution in [3.05, 3.63) is 53.9 Å². The molecule has 0 radical (unpaired) electrons. The summed E-state index contributed by atoms with van der Waals surface area (Å²) in [5, 5.41) is 9.97. The minimum Gasteiger partial charge on any atom is -0.371 e. The summed E-state index contributed by atoms with van der Waals surface area (Å²) in [7, 11) is -3.70. The summed E-state index contributed by atoms with van der Waals surface area (Å²) in [5.41, 5.74) is 4.76. The van der Waals surface area contributed by atoms with Crippen LogP contribution in [0.3, 0.4) is 0 Å². The summed E-state index contributed by atoms with van der Waals surface area (Å²) in [6.45, 7) is 4.63. The van der Waals surface area contributed by atoms with Crippen LogP contribution in [0, 0.1) is 0 Å². The summed E-state index contributed by atoms with van der Waals surface area (Å²) >= 11 is 1.18. The Morgan fingerprint density at radius 3 is 2.59 bits per heavy atom. The zero-order chi connectivity index (χ0) is 26.4. The van der Waals surface area contributed by atoms with Crippen LogP contribution in [0.1, 0.15) is 32.1 Å². The van der Waals surface area contributed by atoms with E-state index < -0.39 is 10.0 Å². The summed E-state index contributed by atoms with van der Waals surface area (Å²) in [5.74, 6) is 0.597. The van der Waals surface area contributed by atoms with Gasteiger partial charge in [0, 0.05) is 24.8 Å². The monoisotopic (exact) mass is 561 g/mol. The van der Waals surface area contributed by atoms with Crippen LogP contribution in [-0.2, 0) is 10.0 Å². The van der Waals surface area contributed by atoms with Crippen molar-refractivity contribution < 1.29 is 8.42 Å². The Balaban J connectivity index is 1.16. The molecule has 0 saturated carbocycles. The van der Waals surface area contributed by atoms with Crippen LogP contribution in [0.2, 0.25) is 0 Å². The average molecular weight is 562 g/mol. The van der Waals surface area contributed by atoms with Gasteiger partial charge in [-0.25, -0.2) is 13.4 Å². The number of benzene rings is 2. The number of rotatable bonds is 6. The first-order valence-electron chi connectivity index (χ1n) is 13.6. The van der Waals surface area contributed by atoms with Crippen molar-refractivity contribution in [2.45, 2.75) is 42.4 Å². The van der Waals surface area contributed by atoms with Gasteiger partial charge in [0.2, 0.25) is 0 Å². The fourth-order valence-corrected chi connectivity index (χ4v) is 8.08. The van der Waals surface area contributed by atoms with Gasteiger partial charge in [-0.05, 0) is 80.6 Å². The molecule has 2 saturated heterocycles. The number of piperidine rings is 2. The molecule has 0 spiro atoms. The number of hydrogen-bond donors (Lipinski definition) is 3. The normalized spacial score (nSPS) is 17.8. The van der Waals surface area contributed by atoms with Crippen LogP contribution in [-0.4, -0.2) is 65.7 Å². The highest BCUT2D eigenvalue weighted by Gasteiger charge is 2.26. The minimum atomic E-state index is -3.70. The van der Waals surface area contributed by atoms with Gasteiger partial charge < -0.3 is 14.8 Å². The Hall–Kier alpha value is -3.41. The van der Waals surface area contributed by atoms with Gasteiger partial charge in [0.05, 0.1) is 27.6 Å². The second-order valence-electron chi connectivity index (χ2n) is 10.4. The molecule has 39 heavy (non-hydrogen) atoms. The third-order valence-corrected chi connectivity index (χ3v) is 10.8. The fourth-order valence-electron chi connectivity index (χ4n) is 6.02. The van der Waals surface area contributed by atoms with Gasteiger partial charge in [0.1, 0.15) is 9.90 Å². The van der Waals surface area contributed by atoms with Crippen molar-refractivity contribution >= 4 is 54.7 Å². The first-order chi connectivity index (χ1) is 19.0. The highest BCUT2D eigenvalue weighted by molar-refractivity contribution is 7.94. The van der Waals surface area contributed by atoms with E-state index in [1.54, 1.807) is 29.6 Å². The lowest BCUT2D eigenvalue weighted by atomic mass is 9.99. The molecular formula is C28H31N7O2S2. The quantitative estimate of drug-likeness (QED) is 0.255. The van der Waals surface area contributed by atoms with Crippen molar-refractivity contribution in [1.82, 2.24) is 25.1 Å². The van der Waals surface area contributed by atoms with E-state index in [1.165, 1.54) is 62.2 Å². The van der Waals surface area contributed by atoms with Gasteiger partial charge in [-0.2, -0.15) is 5.10 Å². The molecular weight excluding hydrogens is 530 g/mol. The number of aromatic nitrogens is 4. The topological polar surface area (TPSA) is 110 Å². The molecule has 2 aromatic carbocycles. The molecule has 9 nitrogen and oxygen atoms in total. The number of likely N-dealkylation sites (tertiary alicyclic amines) is 1. The lowest BCUT2D eigenvalue weighted by Crippen LogP contribution is -2.46. The van der Waals surface area contributed by atoms with Crippen LogP contribution in [0.5, 0.6) is 0 Å². The van der Waals surface area contributed by atoms with Crippen LogP contribution >= 0.6 is 11.3 Å². The van der Waals surface area contributed by atoms with E-state index in [2.05, 4.69) is 47.9 Å². The smallest absolute Gasteiger partial charge is 0.271 e. The third kappa shape index (κ3) is 4.68. The van der Waals surface area contributed by atoms with Gasteiger partial charge in [0.15, 0.2) is 5.82 Å². The number of anilines is 2. The molecule has 3 N–H and O–H groups in total. The lowest BCUT2D eigenvalue weighted by molar-refractivity contribution is 0.141. The number of imidazole rings is 1. The largest absolute Gasteiger partial charge is 0.371 e. The Morgan fingerprint density at radius 2 is 1.79 bits per heavy atom. The highest BCUT2D eigenvalue weighted by atomic mass is 32.2. The van der Waals surface area contributed by atoms with Gasteiger partial charge in [0.25, 0.3) is 10.0 Å². The standard InChI is InChI=1S/C28H31N7O2S2/c36-39(37,25-8-5-17-38-25)33-23-7-4-6-22-26(23)27(32-31-22)28-29-21-10-9-20(18-24(21)30-28)35-15-11-19(12-16-35)34-13-2-1-3-14-34/h4-10,17-19,33H,1-3,11-16H2,(H,29,30)(H,31,32). The summed E-state index contributed by atoms with van der Waals surface area (Å²) in [6, 6.07) is 15.8. The molecule has 11 heteroatoms. The number of fused-ring (bicyclic) bond motifs is 2. The third-order valence-electron chi connectivity index (χ3n) is 8.02. The Kier molecular flexibility index (Phi) is 6.29. The lowest BCUT2D eigenvalue weighted by Gasteiger charge is -2.41. The second-order valence-corrected chi connectivity index (χ2v) is 13.3. The predicted molar refractivity (Wildman–Crippen MR) is 157 cm³/mol. The van der Waals surface area contributed by atoms with Crippen molar-refractivity contribution in [3.63, 3.8) is 0 Å². The molecule has 2 aliphatic rings. The van der Waals surface area contributed by atoms with Gasteiger partial charge >= 0.3 is 0 Å². The molecule has 0 bridgehead atoms. The molecule has 0 aliphatic carbocycles. The van der Waals surface area contributed by atoms with E-state index >= 15 is 0 Å². The average Bonchev–Trinajstić information content (AvgIpc) is 3.73. The van der Waals surface area contributed by atoms with E-state index in [9.17, 15) is 8.42 Å². The molecule has 3 aromatic heterocycles. The summed E-state index contributed by atoms with van der Waals surface area (Å²) in [6.07, 6.45) is 6.46. The number of H-pyrrole nitrogens is 2. The Labute approximate surface area is 231 Å². The predicted octanol–water partition coefficient (Wildman–Crippen LogP) is 5.42. The van der Waals surface area contributed by atoms with E-state index in [0.29, 0.717) is 28.6 Å². The van der Waals surface area contributed by atoms with Crippen molar-refractivity contribution in [2.24, 2.45) is 0 Å². The molecule has 2 aliphatic heterocycles. The van der Waals surface area contributed by atoms with Gasteiger partial charge in [-0.3, -0.25) is 9.82 Å². The van der Waals surface area contributed by atoms with E-state index in [4.69, 9.17) is 4.98 Å². The molecule has 0 amide bonds. The first-order valence-corrected chi connectivity index (χ1v) is 15.9. The van der Waals surface area contributed by atoms with Crippen LogP contribution in [0.25, 0.3) is 33.5 Å². The fraction of sp³-hybridized carbons (Fsp3) is 0.357. The summed E-state index contributed by atoms with van der Waals surface area (Å²) < 4.78 is 28.9. The maximum atomic E-state index is 13.0. The highest BCUT2D eigenvalue weighted by Crippen LogP contribution is 2.34. The van der Waals surface area contributed by atoms with Crippen molar-refractivity contribution in [2.75, 3.05) is 35.8 Å². The number of thiophene rings is 1. The van der Waals surface area contributed by atoms with E-state index in [0.717, 1.165) is 29.6 Å². The molecule has 0 atom stereocenters. The Morgan fingerprint density at radius 1 is 0.949 bits per heavy atom. The van der Waals surface area contributed by atoms with Crippen molar-refractivity contribution in [3.8, 4) is 11.5 Å². The van der Waals surface area contributed by atoms with Gasteiger partial charge in [-0.1, -0.05) is 18.6 Å². The number of nitrogens with zero attached hydrogens (tertiary/aromatic N) is 4. The number of nitrogens with one attached hydrogen (secondary N) is 3. The minimum absolute atomic E-state index is 0.265. The molecule has 5 heterocycles. The molecule has 0 unspecified atom stereocenters. The van der Waals surface area contributed by atoms with Gasteiger partial charge in [-0.15, -0.1) is 11.3 Å². The molecule has 5 aromatic rings.